The number of nitrogens with one attached hydrogen (secondary N) is 1. The summed E-state index contributed by atoms with van der Waals surface area (Å²) >= 11 is 0. The van der Waals surface area contributed by atoms with Crippen LogP contribution in [0.15, 0.2) is 24.4 Å². The van der Waals surface area contributed by atoms with E-state index in [2.05, 4.69) is 43.0 Å². The van der Waals surface area contributed by atoms with E-state index in [1.807, 2.05) is 12.1 Å². The largest absolute Gasteiger partial charge is 0.496 e. The number of carboxylic acid groups (broad SMARTS) is 1. The summed E-state index contributed by atoms with van der Waals surface area (Å²) in [6.07, 6.45) is -1.93. The number of carbonyl (C=O) groups is 1. The van der Waals surface area contributed by atoms with Gasteiger partial charge in [-0.3, -0.25) is 0 Å². The molecule has 26 heavy (non-hydrogen) atoms. The summed E-state index contributed by atoms with van der Waals surface area (Å²) in [5.41, 5.74) is 2.49. The number of carboxylic acids is 1. The highest BCUT2D eigenvalue weighted by Gasteiger charge is 2.38. The fraction of sp³-hybridized carbons (Fsp3) is 0.500. The minimum absolute atomic E-state index is 0.711. The van der Waals surface area contributed by atoms with E-state index in [9.17, 15) is 13.2 Å². The summed E-state index contributed by atoms with van der Waals surface area (Å²) in [6, 6.07) is 6.14. The summed E-state index contributed by atoms with van der Waals surface area (Å²) in [7, 11) is 3.92. The molecule has 8 heteroatoms. The van der Waals surface area contributed by atoms with Gasteiger partial charge >= 0.3 is 12.1 Å². The third kappa shape index (κ3) is 6.59. The second-order valence-corrected chi connectivity index (χ2v) is 6.41. The molecule has 2 N–H and O–H groups in total. The van der Waals surface area contributed by atoms with Crippen molar-refractivity contribution in [2.24, 2.45) is 5.92 Å². The van der Waals surface area contributed by atoms with Crippen LogP contribution in [-0.2, 0) is 11.2 Å². The molecule has 146 valence electrons. The van der Waals surface area contributed by atoms with Gasteiger partial charge in [0.25, 0.3) is 0 Å². The molecular weight excluding hydrogens is 349 g/mol. The standard InChI is InChI=1S/C16H24N2O.C2HF3O2/c1-12(2)11-18(3)9-8-13-10-17-14-6-5-7-15(19-4)16(13)14;3-2(4,5)1(6)7/h5-7,10,12,17H,8-9,11H2,1-4H3;(H,6,7). The fourth-order valence-corrected chi connectivity index (χ4v) is 2.61. The Bertz CT molecular complexity index is 711. The molecule has 1 aromatic heterocycles. The average Bonchev–Trinajstić information content (AvgIpc) is 2.95. The van der Waals surface area contributed by atoms with Crippen LogP contribution in [0.1, 0.15) is 19.4 Å². The number of hydrogen-bond acceptors (Lipinski definition) is 3. The van der Waals surface area contributed by atoms with Crippen LogP contribution in [0.25, 0.3) is 10.9 Å². The smallest absolute Gasteiger partial charge is 0.490 e. The Balaban J connectivity index is 0.000000412. The van der Waals surface area contributed by atoms with E-state index in [0.29, 0.717) is 5.92 Å². The van der Waals surface area contributed by atoms with Crippen LogP contribution in [0.3, 0.4) is 0 Å². The highest BCUT2D eigenvalue weighted by molar-refractivity contribution is 5.89. The van der Waals surface area contributed by atoms with Crippen LogP contribution in [0.2, 0.25) is 0 Å². The zero-order chi connectivity index (χ0) is 19.9. The number of ether oxygens (including phenoxy) is 1. The van der Waals surface area contributed by atoms with Crippen molar-refractivity contribution in [2.75, 3.05) is 27.2 Å². The van der Waals surface area contributed by atoms with Gasteiger partial charge in [0.2, 0.25) is 0 Å². The van der Waals surface area contributed by atoms with Gasteiger partial charge in [-0.15, -0.1) is 0 Å². The second kappa shape index (κ2) is 9.47. The van der Waals surface area contributed by atoms with Crippen molar-refractivity contribution in [1.29, 1.82) is 0 Å². The van der Waals surface area contributed by atoms with Gasteiger partial charge in [0.15, 0.2) is 0 Å². The summed E-state index contributed by atoms with van der Waals surface area (Å²) < 4.78 is 37.2. The number of aromatic amines is 1. The molecule has 0 amide bonds. The molecule has 0 aliphatic carbocycles. The topological polar surface area (TPSA) is 65.6 Å². The molecule has 0 saturated heterocycles. The Labute approximate surface area is 150 Å². The lowest BCUT2D eigenvalue weighted by Crippen LogP contribution is -2.25. The van der Waals surface area contributed by atoms with Crippen molar-refractivity contribution in [3.05, 3.63) is 30.0 Å². The Hall–Kier alpha value is -2.22. The van der Waals surface area contributed by atoms with Gasteiger partial charge in [0.05, 0.1) is 7.11 Å². The van der Waals surface area contributed by atoms with E-state index in [1.165, 1.54) is 10.9 Å². The number of rotatable bonds is 6. The summed E-state index contributed by atoms with van der Waals surface area (Å²) in [5.74, 6) is -1.09. The SMILES string of the molecule is COc1cccc2[nH]cc(CCN(C)CC(C)C)c12.O=C(O)C(F)(F)F. The van der Waals surface area contributed by atoms with Crippen LogP contribution in [0.4, 0.5) is 13.2 Å². The van der Waals surface area contributed by atoms with E-state index in [4.69, 9.17) is 14.6 Å². The Kier molecular flexibility index (Phi) is 7.95. The number of aromatic nitrogens is 1. The van der Waals surface area contributed by atoms with Crippen molar-refractivity contribution in [3.8, 4) is 5.75 Å². The molecule has 0 radical (unpaired) electrons. The van der Waals surface area contributed by atoms with E-state index in [1.54, 1.807) is 7.11 Å². The molecule has 0 saturated carbocycles. The second-order valence-electron chi connectivity index (χ2n) is 6.41. The molecule has 0 aliphatic heterocycles. The maximum atomic E-state index is 10.6. The predicted molar refractivity (Wildman–Crippen MR) is 94.6 cm³/mol. The minimum atomic E-state index is -5.08. The summed E-state index contributed by atoms with van der Waals surface area (Å²) in [4.78, 5) is 14.6. The molecule has 0 unspecified atom stereocenters. The molecular formula is C18H25F3N2O3. The predicted octanol–water partition coefficient (Wildman–Crippen LogP) is 3.94. The lowest BCUT2D eigenvalue weighted by molar-refractivity contribution is -0.192. The number of alkyl halides is 3. The van der Waals surface area contributed by atoms with Crippen LogP contribution in [-0.4, -0.2) is 54.4 Å². The minimum Gasteiger partial charge on any atom is -0.496 e. The van der Waals surface area contributed by atoms with Gasteiger partial charge in [-0.25, -0.2) is 4.79 Å². The monoisotopic (exact) mass is 374 g/mol. The molecule has 1 heterocycles. The zero-order valence-electron chi connectivity index (χ0n) is 15.4. The molecule has 0 bridgehead atoms. The highest BCUT2D eigenvalue weighted by atomic mass is 19.4. The number of fused-ring (bicyclic) bond motifs is 1. The van der Waals surface area contributed by atoms with Gasteiger partial charge < -0.3 is 19.7 Å². The number of methoxy groups -OCH3 is 1. The van der Waals surface area contributed by atoms with Crippen LogP contribution in [0.5, 0.6) is 5.75 Å². The first-order chi connectivity index (χ1) is 12.1. The van der Waals surface area contributed by atoms with Crippen molar-refractivity contribution in [2.45, 2.75) is 26.4 Å². The summed E-state index contributed by atoms with van der Waals surface area (Å²) in [6.45, 7) is 6.72. The number of likely N-dealkylation sites (N-methyl/N-ethyl adjacent to an activating group) is 1. The molecule has 0 fully saturated rings. The first kappa shape index (κ1) is 21.8. The fourth-order valence-electron chi connectivity index (χ4n) is 2.61. The maximum absolute atomic E-state index is 10.6. The number of aliphatic carboxylic acids is 1. The third-order valence-electron chi connectivity index (χ3n) is 3.65. The number of nitrogens with zero attached hydrogens (tertiary/aromatic N) is 1. The average molecular weight is 374 g/mol. The first-order valence-electron chi connectivity index (χ1n) is 8.17. The molecule has 2 aromatic rings. The maximum Gasteiger partial charge on any atom is 0.490 e. The first-order valence-corrected chi connectivity index (χ1v) is 8.17. The van der Waals surface area contributed by atoms with Gasteiger partial charge in [0.1, 0.15) is 5.75 Å². The van der Waals surface area contributed by atoms with Crippen molar-refractivity contribution in [1.82, 2.24) is 9.88 Å². The van der Waals surface area contributed by atoms with Crippen molar-refractivity contribution >= 4 is 16.9 Å². The van der Waals surface area contributed by atoms with E-state index in [0.717, 1.165) is 30.8 Å². The quantitative estimate of drug-likeness (QED) is 0.804. The van der Waals surface area contributed by atoms with Crippen LogP contribution < -0.4 is 4.74 Å². The molecule has 2 rings (SSSR count). The Morgan fingerprint density at radius 1 is 1.35 bits per heavy atom. The van der Waals surface area contributed by atoms with Gasteiger partial charge in [0, 0.05) is 30.2 Å². The highest BCUT2D eigenvalue weighted by Crippen LogP contribution is 2.28. The molecule has 0 atom stereocenters. The molecule has 1 aromatic carbocycles. The van der Waals surface area contributed by atoms with E-state index < -0.39 is 12.1 Å². The molecule has 0 spiro atoms. The number of benzene rings is 1. The lowest BCUT2D eigenvalue weighted by atomic mass is 10.1. The molecule has 0 aliphatic rings. The number of H-pyrrole nitrogens is 1. The number of hydrogen-bond donors (Lipinski definition) is 2. The van der Waals surface area contributed by atoms with Crippen molar-refractivity contribution < 1.29 is 27.8 Å². The Morgan fingerprint density at radius 2 is 1.96 bits per heavy atom. The van der Waals surface area contributed by atoms with Gasteiger partial charge in [-0.2, -0.15) is 13.2 Å². The van der Waals surface area contributed by atoms with E-state index in [-0.39, 0.29) is 0 Å². The van der Waals surface area contributed by atoms with Crippen LogP contribution >= 0.6 is 0 Å². The molecule has 5 nitrogen and oxygen atoms in total. The van der Waals surface area contributed by atoms with Gasteiger partial charge in [-0.05, 0) is 37.1 Å². The third-order valence-corrected chi connectivity index (χ3v) is 3.65. The Morgan fingerprint density at radius 3 is 2.46 bits per heavy atom. The summed E-state index contributed by atoms with van der Waals surface area (Å²) in [5, 5.41) is 8.35. The van der Waals surface area contributed by atoms with Crippen LogP contribution in [0, 0.1) is 5.92 Å². The zero-order valence-corrected chi connectivity index (χ0v) is 15.4. The van der Waals surface area contributed by atoms with Crippen molar-refractivity contribution in [3.63, 3.8) is 0 Å². The van der Waals surface area contributed by atoms with E-state index >= 15 is 0 Å². The number of halogens is 3. The lowest BCUT2D eigenvalue weighted by Gasteiger charge is -2.18. The normalized spacial score (nSPS) is 11.6. The van der Waals surface area contributed by atoms with Gasteiger partial charge in [-0.1, -0.05) is 19.9 Å².